The standard InChI is InChI=1S/C12H15N5O3/c1-17-6-9(4-14-17)11-15-10(20-16-11)5-13-12(18)8-2-3-19-7-8/h4,6,8H,2-3,5,7H2,1H3,(H,13,18). The average Bonchev–Trinajstić information content (AvgIpc) is 3.16. The van der Waals surface area contributed by atoms with E-state index in [2.05, 4.69) is 20.6 Å². The predicted octanol–water partition coefficient (Wildman–Crippen LogP) is 0.123. The molecule has 106 valence electrons. The lowest BCUT2D eigenvalue weighted by Crippen LogP contribution is -2.30. The molecular formula is C12H15N5O3. The SMILES string of the molecule is Cn1cc(-c2noc(CNC(=O)C3CCOC3)n2)cn1. The van der Waals surface area contributed by atoms with Crippen LogP contribution in [0.3, 0.4) is 0 Å². The molecule has 1 aliphatic heterocycles. The molecule has 3 heterocycles. The molecule has 0 radical (unpaired) electrons. The molecule has 8 nitrogen and oxygen atoms in total. The van der Waals surface area contributed by atoms with Gasteiger partial charge in [0.15, 0.2) is 0 Å². The molecule has 0 aromatic carbocycles. The third kappa shape index (κ3) is 2.69. The third-order valence-electron chi connectivity index (χ3n) is 3.15. The van der Waals surface area contributed by atoms with E-state index in [4.69, 9.17) is 9.26 Å². The van der Waals surface area contributed by atoms with Gasteiger partial charge in [-0.25, -0.2) is 0 Å². The molecule has 1 aliphatic rings. The van der Waals surface area contributed by atoms with Crippen molar-refractivity contribution in [3.05, 3.63) is 18.3 Å². The Bertz CT molecular complexity index is 600. The normalized spacial score (nSPS) is 18.4. The number of aromatic nitrogens is 4. The molecule has 1 fully saturated rings. The number of carbonyl (C=O) groups is 1. The minimum atomic E-state index is -0.0734. The van der Waals surface area contributed by atoms with Crippen molar-refractivity contribution in [2.24, 2.45) is 13.0 Å². The van der Waals surface area contributed by atoms with E-state index in [1.807, 2.05) is 7.05 Å². The summed E-state index contributed by atoms with van der Waals surface area (Å²) in [6.45, 7) is 1.35. The molecule has 0 bridgehead atoms. The summed E-state index contributed by atoms with van der Waals surface area (Å²) in [4.78, 5) is 16.0. The summed E-state index contributed by atoms with van der Waals surface area (Å²) in [5.74, 6) is 0.724. The highest BCUT2D eigenvalue weighted by atomic mass is 16.5. The van der Waals surface area contributed by atoms with Crippen molar-refractivity contribution in [3.8, 4) is 11.4 Å². The molecule has 1 N–H and O–H groups in total. The van der Waals surface area contributed by atoms with Gasteiger partial charge in [-0.15, -0.1) is 0 Å². The summed E-state index contributed by atoms with van der Waals surface area (Å²) in [6, 6.07) is 0. The Labute approximate surface area is 115 Å². The van der Waals surface area contributed by atoms with Gasteiger partial charge in [0, 0.05) is 19.9 Å². The van der Waals surface area contributed by atoms with Crippen molar-refractivity contribution < 1.29 is 14.1 Å². The van der Waals surface area contributed by atoms with Crippen LogP contribution in [0.15, 0.2) is 16.9 Å². The fourth-order valence-electron chi connectivity index (χ4n) is 2.03. The molecule has 1 amide bonds. The maximum Gasteiger partial charge on any atom is 0.246 e. The fourth-order valence-corrected chi connectivity index (χ4v) is 2.03. The summed E-state index contributed by atoms with van der Waals surface area (Å²) in [6.07, 6.45) is 4.21. The lowest BCUT2D eigenvalue weighted by molar-refractivity contribution is -0.125. The Morgan fingerprint density at radius 3 is 3.20 bits per heavy atom. The van der Waals surface area contributed by atoms with Crippen molar-refractivity contribution in [1.82, 2.24) is 25.2 Å². The van der Waals surface area contributed by atoms with Gasteiger partial charge in [-0.05, 0) is 6.42 Å². The van der Waals surface area contributed by atoms with Crippen molar-refractivity contribution in [1.29, 1.82) is 0 Å². The predicted molar refractivity (Wildman–Crippen MR) is 67.3 cm³/mol. The third-order valence-corrected chi connectivity index (χ3v) is 3.15. The van der Waals surface area contributed by atoms with E-state index >= 15 is 0 Å². The summed E-state index contributed by atoms with van der Waals surface area (Å²) in [5, 5.41) is 10.7. The molecule has 2 aromatic rings. The number of rotatable bonds is 4. The summed E-state index contributed by atoms with van der Waals surface area (Å²) >= 11 is 0. The molecule has 0 aliphatic carbocycles. The van der Waals surface area contributed by atoms with Crippen molar-refractivity contribution in [3.63, 3.8) is 0 Å². The average molecular weight is 277 g/mol. The first-order chi connectivity index (χ1) is 9.72. The summed E-state index contributed by atoms with van der Waals surface area (Å²) < 4.78 is 11.9. The number of aryl methyl sites for hydroxylation is 1. The first kappa shape index (κ1) is 12.8. The second kappa shape index (κ2) is 5.41. The highest BCUT2D eigenvalue weighted by Crippen LogP contribution is 2.15. The lowest BCUT2D eigenvalue weighted by atomic mass is 10.1. The number of ether oxygens (including phenoxy) is 1. The zero-order valence-electron chi connectivity index (χ0n) is 11.1. The van der Waals surface area contributed by atoms with Crippen molar-refractivity contribution in [2.45, 2.75) is 13.0 Å². The van der Waals surface area contributed by atoms with Gasteiger partial charge in [0.25, 0.3) is 0 Å². The molecule has 20 heavy (non-hydrogen) atoms. The minimum Gasteiger partial charge on any atom is -0.381 e. The van der Waals surface area contributed by atoms with E-state index in [9.17, 15) is 4.79 Å². The van der Waals surface area contributed by atoms with Gasteiger partial charge in [0.05, 0.1) is 30.8 Å². The highest BCUT2D eigenvalue weighted by molar-refractivity contribution is 5.78. The Morgan fingerprint density at radius 1 is 1.60 bits per heavy atom. The largest absolute Gasteiger partial charge is 0.381 e. The van der Waals surface area contributed by atoms with Gasteiger partial charge in [-0.3, -0.25) is 9.48 Å². The first-order valence-electron chi connectivity index (χ1n) is 6.39. The van der Waals surface area contributed by atoms with Crippen LogP contribution in [-0.2, 0) is 23.1 Å². The second-order valence-electron chi connectivity index (χ2n) is 4.69. The molecule has 1 atom stereocenters. The van der Waals surface area contributed by atoms with Gasteiger partial charge in [0.1, 0.15) is 0 Å². The number of nitrogens with one attached hydrogen (secondary N) is 1. The van der Waals surface area contributed by atoms with Gasteiger partial charge < -0.3 is 14.6 Å². The van der Waals surface area contributed by atoms with E-state index in [-0.39, 0.29) is 18.4 Å². The van der Waals surface area contributed by atoms with Crippen LogP contribution in [0.5, 0.6) is 0 Å². The maximum absolute atomic E-state index is 11.8. The number of nitrogens with zero attached hydrogens (tertiary/aromatic N) is 4. The Kier molecular flexibility index (Phi) is 3.46. The molecule has 0 spiro atoms. The Morgan fingerprint density at radius 2 is 2.50 bits per heavy atom. The van der Waals surface area contributed by atoms with Crippen LogP contribution in [0.25, 0.3) is 11.4 Å². The van der Waals surface area contributed by atoms with Crippen molar-refractivity contribution >= 4 is 5.91 Å². The Balaban J connectivity index is 1.58. The zero-order chi connectivity index (χ0) is 13.9. The molecule has 8 heteroatoms. The number of hydrogen-bond acceptors (Lipinski definition) is 6. The number of amides is 1. The highest BCUT2D eigenvalue weighted by Gasteiger charge is 2.23. The second-order valence-corrected chi connectivity index (χ2v) is 4.69. The van der Waals surface area contributed by atoms with E-state index in [1.54, 1.807) is 17.1 Å². The Hall–Kier alpha value is -2.22. The smallest absolute Gasteiger partial charge is 0.246 e. The molecular weight excluding hydrogens is 262 g/mol. The van der Waals surface area contributed by atoms with E-state index < -0.39 is 0 Å². The minimum absolute atomic E-state index is 0.0383. The molecule has 1 saturated heterocycles. The van der Waals surface area contributed by atoms with E-state index in [0.717, 1.165) is 12.0 Å². The summed E-state index contributed by atoms with van der Waals surface area (Å²) in [7, 11) is 1.81. The van der Waals surface area contributed by atoms with Crippen LogP contribution in [-0.4, -0.2) is 39.0 Å². The van der Waals surface area contributed by atoms with Crippen LogP contribution in [0.4, 0.5) is 0 Å². The van der Waals surface area contributed by atoms with Crippen LogP contribution >= 0.6 is 0 Å². The van der Waals surface area contributed by atoms with Crippen LogP contribution in [0.2, 0.25) is 0 Å². The monoisotopic (exact) mass is 277 g/mol. The fraction of sp³-hybridized carbons (Fsp3) is 0.500. The lowest BCUT2D eigenvalue weighted by Gasteiger charge is -2.06. The first-order valence-corrected chi connectivity index (χ1v) is 6.39. The molecule has 0 saturated carbocycles. The molecule has 3 rings (SSSR count). The number of hydrogen-bond donors (Lipinski definition) is 1. The maximum atomic E-state index is 11.8. The van der Waals surface area contributed by atoms with Gasteiger partial charge in [0.2, 0.25) is 17.6 Å². The number of carbonyl (C=O) groups excluding carboxylic acids is 1. The van der Waals surface area contributed by atoms with Crippen molar-refractivity contribution in [2.75, 3.05) is 13.2 Å². The van der Waals surface area contributed by atoms with Crippen LogP contribution < -0.4 is 5.32 Å². The quantitative estimate of drug-likeness (QED) is 0.853. The molecule has 2 aromatic heterocycles. The van der Waals surface area contributed by atoms with Gasteiger partial charge in [-0.1, -0.05) is 5.16 Å². The van der Waals surface area contributed by atoms with Gasteiger partial charge in [-0.2, -0.15) is 10.1 Å². The topological polar surface area (TPSA) is 95.1 Å². The van der Waals surface area contributed by atoms with E-state index in [1.165, 1.54) is 0 Å². The van der Waals surface area contributed by atoms with Gasteiger partial charge >= 0.3 is 0 Å². The van der Waals surface area contributed by atoms with E-state index in [0.29, 0.717) is 24.9 Å². The van der Waals surface area contributed by atoms with Crippen LogP contribution in [0.1, 0.15) is 12.3 Å². The summed E-state index contributed by atoms with van der Waals surface area (Å²) in [5.41, 5.74) is 0.776. The van der Waals surface area contributed by atoms with Crippen LogP contribution in [0, 0.1) is 5.92 Å². The zero-order valence-corrected chi connectivity index (χ0v) is 11.1. The molecule has 1 unspecified atom stereocenters.